The van der Waals surface area contributed by atoms with E-state index >= 15 is 0 Å². The summed E-state index contributed by atoms with van der Waals surface area (Å²) in [5.41, 5.74) is 1.43. The van der Waals surface area contributed by atoms with Gasteiger partial charge in [-0.2, -0.15) is 5.10 Å². The molecule has 100 valence electrons. The fourth-order valence-electron chi connectivity index (χ4n) is 2.11. The van der Waals surface area contributed by atoms with Gasteiger partial charge in [-0.3, -0.25) is 9.59 Å². The molecule has 0 atom stereocenters. The number of carbonyl (C=O) groups excluding carboxylic acids is 1. The van der Waals surface area contributed by atoms with E-state index in [1.165, 1.54) is 11.7 Å². The monoisotopic (exact) mass is 261 g/mol. The fraction of sp³-hybridized carbons (Fsp3) is 0.462. The molecule has 6 heteroatoms. The molecular weight excluding hydrogens is 246 g/mol. The molecule has 6 nitrogen and oxygen atoms in total. The zero-order valence-corrected chi connectivity index (χ0v) is 10.7. The number of aromatic nitrogens is 3. The first-order valence-electron chi connectivity index (χ1n) is 6.34. The minimum absolute atomic E-state index is 0.120. The summed E-state index contributed by atoms with van der Waals surface area (Å²) in [5, 5.41) is 4.40. The highest BCUT2D eigenvalue weighted by atomic mass is 16.5. The Balaban J connectivity index is 1.91. The van der Waals surface area contributed by atoms with Gasteiger partial charge in [0.05, 0.1) is 19.2 Å². The molecule has 1 saturated carbocycles. The molecule has 0 aromatic carbocycles. The molecule has 0 aliphatic heterocycles. The van der Waals surface area contributed by atoms with Crippen molar-refractivity contribution in [1.82, 2.24) is 14.2 Å². The van der Waals surface area contributed by atoms with Crippen LogP contribution in [0.1, 0.15) is 30.9 Å². The molecule has 2 aromatic rings. The summed E-state index contributed by atoms with van der Waals surface area (Å²) in [7, 11) is 1.34. The summed E-state index contributed by atoms with van der Waals surface area (Å²) in [6.07, 6.45) is 5.90. The number of aryl methyl sites for hydroxylation is 1. The number of methoxy groups -OCH3 is 1. The first-order chi connectivity index (χ1) is 9.19. The van der Waals surface area contributed by atoms with Crippen LogP contribution in [0.2, 0.25) is 0 Å². The summed E-state index contributed by atoms with van der Waals surface area (Å²) in [4.78, 5) is 23.3. The predicted molar refractivity (Wildman–Crippen MR) is 68.1 cm³/mol. The molecule has 1 aliphatic rings. The zero-order valence-electron chi connectivity index (χ0n) is 10.7. The number of carbonyl (C=O) groups is 1. The van der Waals surface area contributed by atoms with E-state index in [1.54, 1.807) is 16.9 Å². The van der Waals surface area contributed by atoms with E-state index in [0.29, 0.717) is 18.0 Å². The molecule has 2 aromatic heterocycles. The van der Waals surface area contributed by atoms with E-state index in [4.69, 9.17) is 0 Å². The summed E-state index contributed by atoms with van der Waals surface area (Å²) < 4.78 is 7.71. The lowest BCUT2D eigenvalue weighted by atomic mass is 10.3. The Kier molecular flexibility index (Phi) is 2.85. The molecule has 0 radical (unpaired) electrons. The Morgan fingerprint density at radius 3 is 2.95 bits per heavy atom. The highest BCUT2D eigenvalue weighted by molar-refractivity contribution is 5.69. The van der Waals surface area contributed by atoms with E-state index in [0.717, 1.165) is 18.5 Å². The van der Waals surface area contributed by atoms with Crippen LogP contribution >= 0.6 is 0 Å². The van der Waals surface area contributed by atoms with Gasteiger partial charge >= 0.3 is 5.97 Å². The second kappa shape index (κ2) is 4.53. The van der Waals surface area contributed by atoms with Gasteiger partial charge in [0, 0.05) is 24.9 Å². The Labute approximate surface area is 109 Å². The third-order valence-corrected chi connectivity index (χ3v) is 3.40. The van der Waals surface area contributed by atoms with Crippen molar-refractivity contribution in [2.24, 2.45) is 0 Å². The van der Waals surface area contributed by atoms with Crippen molar-refractivity contribution < 1.29 is 9.53 Å². The first-order valence-corrected chi connectivity index (χ1v) is 6.34. The van der Waals surface area contributed by atoms with Crippen molar-refractivity contribution >= 4 is 11.5 Å². The fourth-order valence-corrected chi connectivity index (χ4v) is 2.11. The van der Waals surface area contributed by atoms with Gasteiger partial charge in [0.15, 0.2) is 0 Å². The number of rotatable bonds is 4. The van der Waals surface area contributed by atoms with Crippen LogP contribution in [0, 0.1) is 0 Å². The Morgan fingerprint density at radius 1 is 1.47 bits per heavy atom. The lowest BCUT2D eigenvalue weighted by Crippen LogP contribution is -2.22. The number of esters is 1. The van der Waals surface area contributed by atoms with Crippen LogP contribution in [-0.4, -0.2) is 27.3 Å². The van der Waals surface area contributed by atoms with Crippen LogP contribution in [0.25, 0.3) is 5.52 Å². The summed E-state index contributed by atoms with van der Waals surface area (Å²) in [6, 6.07) is 1.86. The van der Waals surface area contributed by atoms with E-state index in [-0.39, 0.29) is 17.9 Å². The van der Waals surface area contributed by atoms with Gasteiger partial charge in [-0.1, -0.05) is 0 Å². The van der Waals surface area contributed by atoms with Crippen LogP contribution in [0.4, 0.5) is 0 Å². The van der Waals surface area contributed by atoms with Gasteiger partial charge in [-0.15, -0.1) is 0 Å². The van der Waals surface area contributed by atoms with Gasteiger partial charge in [0.1, 0.15) is 5.52 Å². The van der Waals surface area contributed by atoms with E-state index in [9.17, 15) is 9.59 Å². The van der Waals surface area contributed by atoms with E-state index in [1.807, 2.05) is 6.07 Å². The number of hydrogen-bond acceptors (Lipinski definition) is 4. The van der Waals surface area contributed by atoms with Gasteiger partial charge in [-0.25, -0.2) is 4.52 Å². The lowest BCUT2D eigenvalue weighted by Gasteiger charge is -2.04. The van der Waals surface area contributed by atoms with Crippen molar-refractivity contribution in [2.45, 2.75) is 31.7 Å². The SMILES string of the molecule is COC(=O)CCn1ccn2nc(C3CC3)cc2c1=O. The molecular formula is C13H15N3O3. The van der Waals surface area contributed by atoms with Crippen molar-refractivity contribution in [1.29, 1.82) is 0 Å². The van der Waals surface area contributed by atoms with Crippen LogP contribution in [-0.2, 0) is 16.1 Å². The number of hydrogen-bond donors (Lipinski definition) is 0. The normalized spacial score (nSPS) is 14.8. The van der Waals surface area contributed by atoms with Crippen LogP contribution in [0.15, 0.2) is 23.3 Å². The van der Waals surface area contributed by atoms with Crippen molar-refractivity contribution in [3.63, 3.8) is 0 Å². The Bertz CT molecular complexity index is 682. The number of nitrogens with zero attached hydrogens (tertiary/aromatic N) is 3. The minimum Gasteiger partial charge on any atom is -0.469 e. The molecule has 3 rings (SSSR count). The molecule has 1 fully saturated rings. The quantitative estimate of drug-likeness (QED) is 0.768. The highest BCUT2D eigenvalue weighted by Crippen LogP contribution is 2.39. The molecule has 19 heavy (non-hydrogen) atoms. The summed E-state index contributed by atoms with van der Waals surface area (Å²) in [6.45, 7) is 0.325. The molecule has 0 amide bonds. The maximum Gasteiger partial charge on any atom is 0.307 e. The van der Waals surface area contributed by atoms with Gasteiger partial charge in [0.25, 0.3) is 5.56 Å². The molecule has 2 heterocycles. The number of fused-ring (bicyclic) bond motifs is 1. The second-order valence-corrected chi connectivity index (χ2v) is 4.80. The highest BCUT2D eigenvalue weighted by Gasteiger charge is 2.26. The van der Waals surface area contributed by atoms with Crippen LogP contribution < -0.4 is 5.56 Å². The lowest BCUT2D eigenvalue weighted by molar-refractivity contribution is -0.140. The first kappa shape index (κ1) is 12.0. The number of ether oxygens (including phenoxy) is 1. The Hall–Kier alpha value is -2.11. The van der Waals surface area contributed by atoms with E-state index < -0.39 is 0 Å². The maximum atomic E-state index is 12.2. The molecule has 0 spiro atoms. The largest absolute Gasteiger partial charge is 0.469 e. The maximum absolute atomic E-state index is 12.2. The average molecular weight is 261 g/mol. The smallest absolute Gasteiger partial charge is 0.307 e. The van der Waals surface area contributed by atoms with Gasteiger partial charge in [0.2, 0.25) is 0 Å². The zero-order chi connectivity index (χ0) is 13.4. The third kappa shape index (κ3) is 2.25. The summed E-state index contributed by atoms with van der Waals surface area (Å²) in [5.74, 6) is 0.196. The summed E-state index contributed by atoms with van der Waals surface area (Å²) >= 11 is 0. The molecule has 0 bridgehead atoms. The van der Waals surface area contributed by atoms with Gasteiger partial charge in [-0.05, 0) is 18.9 Å². The Morgan fingerprint density at radius 2 is 2.26 bits per heavy atom. The topological polar surface area (TPSA) is 65.6 Å². The minimum atomic E-state index is -0.320. The second-order valence-electron chi connectivity index (χ2n) is 4.80. The van der Waals surface area contributed by atoms with Gasteiger partial charge < -0.3 is 9.30 Å². The molecule has 0 N–H and O–H groups in total. The predicted octanol–water partition coefficient (Wildman–Crippen LogP) is 0.936. The third-order valence-electron chi connectivity index (χ3n) is 3.40. The van der Waals surface area contributed by atoms with Crippen LogP contribution in [0.3, 0.4) is 0 Å². The van der Waals surface area contributed by atoms with Crippen molar-refractivity contribution in [3.05, 3.63) is 34.5 Å². The standard InChI is InChI=1S/C13H15N3O3/c1-19-12(17)4-5-15-6-7-16-11(13(15)18)8-10(14-16)9-2-3-9/h6-9H,2-5H2,1H3. The molecule has 0 unspecified atom stereocenters. The van der Waals surface area contributed by atoms with Crippen LogP contribution in [0.5, 0.6) is 0 Å². The van der Waals surface area contributed by atoms with Crippen molar-refractivity contribution in [2.75, 3.05) is 7.11 Å². The average Bonchev–Trinajstić information content (AvgIpc) is 3.17. The van der Waals surface area contributed by atoms with E-state index in [2.05, 4.69) is 9.84 Å². The van der Waals surface area contributed by atoms with Crippen molar-refractivity contribution in [3.8, 4) is 0 Å². The molecule has 1 aliphatic carbocycles. The molecule has 0 saturated heterocycles.